The van der Waals surface area contributed by atoms with Gasteiger partial charge in [0.15, 0.2) is 6.61 Å². The van der Waals surface area contributed by atoms with E-state index in [4.69, 9.17) is 4.74 Å². The number of nitrogens with zero attached hydrogens (tertiary/aromatic N) is 2. The maximum Gasteiger partial charge on any atom is 0.339 e. The van der Waals surface area contributed by atoms with E-state index in [1.165, 1.54) is 11.0 Å². The first kappa shape index (κ1) is 21.6. The Hall–Kier alpha value is -3.67. The second-order valence-electron chi connectivity index (χ2n) is 8.13. The van der Waals surface area contributed by atoms with E-state index in [1.54, 1.807) is 25.2 Å². The molecule has 1 aromatic heterocycles. The lowest BCUT2D eigenvalue weighted by Crippen LogP contribution is -2.28. The summed E-state index contributed by atoms with van der Waals surface area (Å²) in [6.07, 6.45) is 2.25. The number of carbonyl (C=O) groups excluding carboxylic acids is 3. The van der Waals surface area contributed by atoms with Crippen LogP contribution >= 0.6 is 0 Å². The SMILES string of the molecule is Cc1cc(C(=O)COC(=O)c2ccccc2C(=O)N(C)c2ccccc2)c(C)n1C1CC1. The molecule has 0 radical (unpaired) electrons. The van der Waals surface area contributed by atoms with Crippen LogP contribution in [0.25, 0.3) is 0 Å². The fourth-order valence-electron chi connectivity index (χ4n) is 4.04. The van der Waals surface area contributed by atoms with E-state index < -0.39 is 5.97 Å². The summed E-state index contributed by atoms with van der Waals surface area (Å²) in [6.45, 7) is 3.54. The van der Waals surface area contributed by atoms with Gasteiger partial charge in [-0.1, -0.05) is 30.3 Å². The van der Waals surface area contributed by atoms with Crippen molar-refractivity contribution in [2.24, 2.45) is 0 Å². The van der Waals surface area contributed by atoms with Gasteiger partial charge in [0, 0.05) is 35.7 Å². The molecule has 3 aromatic rings. The van der Waals surface area contributed by atoms with Crippen LogP contribution in [0.2, 0.25) is 0 Å². The molecule has 1 aliphatic carbocycles. The van der Waals surface area contributed by atoms with Gasteiger partial charge in [0.25, 0.3) is 5.91 Å². The summed E-state index contributed by atoms with van der Waals surface area (Å²) in [7, 11) is 1.65. The van der Waals surface area contributed by atoms with Gasteiger partial charge in [-0.25, -0.2) is 4.79 Å². The Bertz CT molecular complexity index is 1180. The minimum atomic E-state index is -0.695. The standard InChI is InChI=1S/C26H26N2O4/c1-17-15-23(18(2)28(17)20-13-14-20)24(29)16-32-26(31)22-12-8-7-11-21(22)25(30)27(3)19-9-5-4-6-10-19/h4-12,15,20H,13-14,16H2,1-3H3. The smallest absolute Gasteiger partial charge is 0.339 e. The second-order valence-corrected chi connectivity index (χ2v) is 8.13. The van der Waals surface area contributed by atoms with E-state index in [9.17, 15) is 14.4 Å². The Labute approximate surface area is 187 Å². The van der Waals surface area contributed by atoms with Crippen molar-refractivity contribution in [2.45, 2.75) is 32.7 Å². The average molecular weight is 431 g/mol. The largest absolute Gasteiger partial charge is 0.454 e. The van der Waals surface area contributed by atoms with Crippen LogP contribution in [0.4, 0.5) is 5.69 Å². The third kappa shape index (κ3) is 4.21. The third-order valence-corrected chi connectivity index (χ3v) is 5.86. The minimum Gasteiger partial charge on any atom is -0.454 e. The predicted molar refractivity (Wildman–Crippen MR) is 122 cm³/mol. The first-order valence-corrected chi connectivity index (χ1v) is 10.7. The molecule has 6 heteroatoms. The van der Waals surface area contributed by atoms with Gasteiger partial charge in [0.1, 0.15) is 0 Å². The average Bonchev–Trinajstić information content (AvgIpc) is 3.60. The zero-order valence-electron chi connectivity index (χ0n) is 18.5. The molecular formula is C26H26N2O4. The lowest BCUT2D eigenvalue weighted by Gasteiger charge is -2.18. The van der Waals surface area contributed by atoms with Crippen LogP contribution in [0.5, 0.6) is 0 Å². The van der Waals surface area contributed by atoms with Crippen molar-refractivity contribution in [1.29, 1.82) is 0 Å². The van der Waals surface area contributed by atoms with Crippen molar-refractivity contribution < 1.29 is 19.1 Å². The van der Waals surface area contributed by atoms with Crippen molar-refractivity contribution >= 4 is 23.3 Å². The van der Waals surface area contributed by atoms with Gasteiger partial charge >= 0.3 is 5.97 Å². The summed E-state index contributed by atoms with van der Waals surface area (Å²) in [5, 5.41) is 0. The summed E-state index contributed by atoms with van der Waals surface area (Å²) in [5.41, 5.74) is 3.60. The number of aromatic nitrogens is 1. The molecule has 0 spiro atoms. The van der Waals surface area contributed by atoms with Gasteiger partial charge in [-0.05, 0) is 57.0 Å². The number of anilines is 1. The number of rotatable bonds is 7. The van der Waals surface area contributed by atoms with Crippen LogP contribution in [0.3, 0.4) is 0 Å². The molecule has 0 bridgehead atoms. The third-order valence-electron chi connectivity index (χ3n) is 5.86. The number of benzene rings is 2. The van der Waals surface area contributed by atoms with Crippen LogP contribution in [0.1, 0.15) is 61.3 Å². The number of hydrogen-bond acceptors (Lipinski definition) is 4. The lowest BCUT2D eigenvalue weighted by atomic mass is 10.1. The number of aryl methyl sites for hydroxylation is 1. The molecule has 164 valence electrons. The Morgan fingerprint density at radius 1 is 0.938 bits per heavy atom. The van der Waals surface area contributed by atoms with Gasteiger partial charge in [0.2, 0.25) is 5.78 Å². The number of ketones is 1. The highest BCUT2D eigenvalue weighted by Crippen LogP contribution is 2.38. The molecule has 2 aromatic carbocycles. The Balaban J connectivity index is 1.48. The van der Waals surface area contributed by atoms with E-state index in [1.807, 2.05) is 50.2 Å². The lowest BCUT2D eigenvalue weighted by molar-refractivity contribution is 0.0472. The van der Waals surface area contributed by atoms with Gasteiger partial charge in [-0.15, -0.1) is 0 Å². The molecule has 0 aliphatic heterocycles. The number of carbonyl (C=O) groups is 3. The highest BCUT2D eigenvalue weighted by Gasteiger charge is 2.29. The molecule has 1 saturated carbocycles. The first-order valence-electron chi connectivity index (χ1n) is 10.7. The number of Topliss-reactive ketones (excluding diaryl/α,β-unsaturated/α-hetero) is 1. The molecular weight excluding hydrogens is 404 g/mol. The van der Waals surface area contributed by atoms with E-state index in [0.29, 0.717) is 17.3 Å². The van der Waals surface area contributed by atoms with Crippen LogP contribution in [0, 0.1) is 13.8 Å². The van der Waals surface area contributed by atoms with Crippen molar-refractivity contribution in [3.05, 3.63) is 88.7 Å². The van der Waals surface area contributed by atoms with Gasteiger partial charge in [0.05, 0.1) is 11.1 Å². The number of ether oxygens (including phenoxy) is 1. The van der Waals surface area contributed by atoms with Gasteiger partial charge in [-0.2, -0.15) is 0 Å². The summed E-state index contributed by atoms with van der Waals surface area (Å²) in [6, 6.07) is 18.0. The zero-order chi connectivity index (χ0) is 22.8. The van der Waals surface area contributed by atoms with Crippen molar-refractivity contribution in [2.75, 3.05) is 18.6 Å². The molecule has 4 rings (SSSR count). The number of esters is 1. The summed E-state index contributed by atoms with van der Waals surface area (Å²) < 4.78 is 7.52. The summed E-state index contributed by atoms with van der Waals surface area (Å²) >= 11 is 0. The highest BCUT2D eigenvalue weighted by atomic mass is 16.5. The van der Waals surface area contributed by atoms with Crippen LogP contribution in [0.15, 0.2) is 60.7 Å². The summed E-state index contributed by atoms with van der Waals surface area (Å²) in [4.78, 5) is 40.1. The molecule has 32 heavy (non-hydrogen) atoms. The molecule has 0 atom stereocenters. The molecule has 1 aliphatic rings. The zero-order valence-corrected chi connectivity index (χ0v) is 18.5. The quantitative estimate of drug-likeness (QED) is 0.400. The van der Waals surface area contributed by atoms with E-state index in [-0.39, 0.29) is 29.4 Å². The molecule has 0 N–H and O–H groups in total. The Morgan fingerprint density at radius 2 is 1.56 bits per heavy atom. The molecule has 1 fully saturated rings. The minimum absolute atomic E-state index is 0.136. The molecule has 6 nitrogen and oxygen atoms in total. The van der Waals surface area contributed by atoms with E-state index in [0.717, 1.165) is 24.2 Å². The fraction of sp³-hybridized carbons (Fsp3) is 0.269. The Morgan fingerprint density at radius 3 is 2.22 bits per heavy atom. The Kier molecular flexibility index (Phi) is 5.95. The molecule has 1 heterocycles. The van der Waals surface area contributed by atoms with Crippen LogP contribution < -0.4 is 4.90 Å². The van der Waals surface area contributed by atoms with Crippen molar-refractivity contribution in [3.63, 3.8) is 0 Å². The van der Waals surface area contributed by atoms with Gasteiger partial charge < -0.3 is 14.2 Å². The van der Waals surface area contributed by atoms with E-state index in [2.05, 4.69) is 4.57 Å². The van der Waals surface area contributed by atoms with Crippen molar-refractivity contribution in [1.82, 2.24) is 4.57 Å². The number of hydrogen-bond donors (Lipinski definition) is 0. The van der Waals surface area contributed by atoms with Crippen LogP contribution in [-0.4, -0.2) is 35.9 Å². The fourth-order valence-corrected chi connectivity index (χ4v) is 4.04. The molecule has 1 amide bonds. The molecule has 0 unspecified atom stereocenters. The highest BCUT2D eigenvalue weighted by molar-refractivity contribution is 6.12. The number of amides is 1. The monoisotopic (exact) mass is 430 g/mol. The molecule has 0 saturated heterocycles. The van der Waals surface area contributed by atoms with E-state index >= 15 is 0 Å². The first-order chi connectivity index (χ1) is 15.4. The normalized spacial score (nSPS) is 13.0. The topological polar surface area (TPSA) is 68.6 Å². The maximum atomic E-state index is 13.0. The van der Waals surface area contributed by atoms with Gasteiger partial charge in [-0.3, -0.25) is 9.59 Å². The summed E-state index contributed by atoms with van der Waals surface area (Å²) in [5.74, 6) is -1.27. The maximum absolute atomic E-state index is 13.0. The second kappa shape index (κ2) is 8.83. The number of para-hydroxylation sites is 1. The predicted octanol–water partition coefficient (Wildman–Crippen LogP) is 4.76. The van der Waals surface area contributed by atoms with Crippen LogP contribution in [-0.2, 0) is 4.74 Å². The van der Waals surface area contributed by atoms with Crippen molar-refractivity contribution in [3.8, 4) is 0 Å².